The van der Waals surface area contributed by atoms with E-state index in [1.807, 2.05) is 18.5 Å². The highest BCUT2D eigenvalue weighted by Gasteiger charge is 2.47. The van der Waals surface area contributed by atoms with Crippen molar-refractivity contribution >= 4 is 21.8 Å². The maximum absolute atomic E-state index is 4.54. The maximum Gasteiger partial charge on any atom is 0.0645 e. The van der Waals surface area contributed by atoms with Gasteiger partial charge in [-0.25, -0.2) is 0 Å². The monoisotopic (exact) mass is 476 g/mol. The Morgan fingerprint density at radius 3 is 1.89 bits per heavy atom. The predicted octanol–water partition coefficient (Wildman–Crippen LogP) is 8.79. The lowest BCUT2D eigenvalue weighted by molar-refractivity contribution is 0.658. The molecule has 0 bridgehead atoms. The fourth-order valence-corrected chi connectivity index (χ4v) is 7.51. The van der Waals surface area contributed by atoms with Crippen molar-refractivity contribution in [3.63, 3.8) is 0 Å². The molecule has 2 heteroatoms. The van der Waals surface area contributed by atoms with Crippen LogP contribution in [0.5, 0.6) is 0 Å². The molecule has 0 atom stereocenters. The van der Waals surface area contributed by atoms with Gasteiger partial charge >= 0.3 is 0 Å². The molecule has 6 aromatic rings. The number of fused-ring (bicyclic) bond motifs is 12. The number of hydrogen-bond acceptors (Lipinski definition) is 1. The predicted molar refractivity (Wildman–Crippen MR) is 154 cm³/mol. The second-order valence-corrected chi connectivity index (χ2v) is 11.6. The lowest BCUT2D eigenvalue weighted by Crippen LogP contribution is -2.19. The van der Waals surface area contributed by atoms with Gasteiger partial charge in [0.1, 0.15) is 0 Å². The van der Waals surface area contributed by atoms with Gasteiger partial charge in [0.2, 0.25) is 0 Å². The third-order valence-electron chi connectivity index (χ3n) is 9.01. The van der Waals surface area contributed by atoms with Gasteiger partial charge in [0.15, 0.2) is 0 Å². The van der Waals surface area contributed by atoms with Gasteiger partial charge in [-0.15, -0.1) is 0 Å². The number of nitrogens with zero attached hydrogens (tertiary/aromatic N) is 2. The first-order chi connectivity index (χ1) is 17.9. The van der Waals surface area contributed by atoms with Crippen molar-refractivity contribution in [2.24, 2.45) is 0 Å². The van der Waals surface area contributed by atoms with Gasteiger partial charge in [0.05, 0.1) is 22.9 Å². The number of hydrogen-bond donors (Lipinski definition) is 0. The highest BCUT2D eigenvalue weighted by atomic mass is 15.0. The van der Waals surface area contributed by atoms with E-state index in [1.165, 1.54) is 66.3 Å². The van der Waals surface area contributed by atoms with Crippen molar-refractivity contribution < 1.29 is 0 Å². The van der Waals surface area contributed by atoms with Crippen LogP contribution in [-0.2, 0) is 10.8 Å². The fraction of sp³-hybridized carbons (Fsp3) is 0.171. The molecule has 0 fully saturated rings. The molecule has 2 nitrogen and oxygen atoms in total. The summed E-state index contributed by atoms with van der Waals surface area (Å²) in [6.45, 7) is 9.62. The Hall–Kier alpha value is -4.17. The van der Waals surface area contributed by atoms with E-state index in [-0.39, 0.29) is 10.8 Å². The molecule has 37 heavy (non-hydrogen) atoms. The van der Waals surface area contributed by atoms with E-state index in [1.54, 1.807) is 0 Å². The van der Waals surface area contributed by atoms with Gasteiger partial charge in [-0.3, -0.25) is 4.98 Å². The third kappa shape index (κ3) is 2.39. The van der Waals surface area contributed by atoms with Gasteiger partial charge in [-0.2, -0.15) is 0 Å². The zero-order valence-corrected chi connectivity index (χ0v) is 21.6. The summed E-state index contributed by atoms with van der Waals surface area (Å²) < 4.78 is 2.48. The van der Waals surface area contributed by atoms with Gasteiger partial charge in [0, 0.05) is 27.8 Å². The molecule has 0 radical (unpaired) electrons. The molecular weight excluding hydrogens is 448 g/mol. The van der Waals surface area contributed by atoms with E-state index >= 15 is 0 Å². The maximum atomic E-state index is 4.54. The van der Waals surface area contributed by atoms with E-state index in [2.05, 4.69) is 116 Å². The van der Waals surface area contributed by atoms with Crippen molar-refractivity contribution in [3.05, 3.63) is 120 Å². The molecule has 4 aromatic carbocycles. The van der Waals surface area contributed by atoms with E-state index in [0.29, 0.717) is 0 Å². The molecule has 0 saturated carbocycles. The van der Waals surface area contributed by atoms with Crippen LogP contribution in [0, 0.1) is 0 Å². The Kier molecular flexibility index (Phi) is 3.84. The van der Waals surface area contributed by atoms with Gasteiger partial charge in [-0.05, 0) is 62.7 Å². The summed E-state index contributed by atoms with van der Waals surface area (Å²) in [6, 6.07) is 31.3. The zero-order chi connectivity index (χ0) is 25.1. The summed E-state index contributed by atoms with van der Waals surface area (Å²) in [4.78, 5) is 4.54. The van der Waals surface area contributed by atoms with Crippen LogP contribution in [0.15, 0.2) is 97.3 Å². The number of benzene rings is 4. The SMILES string of the molecule is CC1(C)c2ccccc2-c2c3c(c4c(c21)c1ccccc1n4-c1cccnc1)C(C)(C)c1ccccc1-3. The largest absolute Gasteiger partial charge is 0.307 e. The van der Waals surface area contributed by atoms with E-state index in [0.717, 1.165) is 5.69 Å². The summed E-state index contributed by atoms with van der Waals surface area (Å²) in [6.07, 6.45) is 3.86. The van der Waals surface area contributed by atoms with E-state index in [9.17, 15) is 0 Å². The number of rotatable bonds is 1. The fourth-order valence-electron chi connectivity index (χ4n) is 7.51. The van der Waals surface area contributed by atoms with Crippen molar-refractivity contribution in [3.8, 4) is 27.9 Å². The van der Waals surface area contributed by atoms with Crippen LogP contribution < -0.4 is 0 Å². The highest BCUT2D eigenvalue weighted by molar-refractivity contribution is 6.20. The first kappa shape index (κ1) is 21.0. The minimum Gasteiger partial charge on any atom is -0.307 e. The van der Waals surface area contributed by atoms with Crippen LogP contribution in [0.1, 0.15) is 49.9 Å². The number of pyridine rings is 1. The Bertz CT molecular complexity index is 1920. The van der Waals surface area contributed by atoms with Crippen LogP contribution in [0.25, 0.3) is 49.7 Å². The van der Waals surface area contributed by atoms with E-state index < -0.39 is 0 Å². The van der Waals surface area contributed by atoms with Gasteiger partial charge in [0.25, 0.3) is 0 Å². The van der Waals surface area contributed by atoms with Crippen molar-refractivity contribution in [2.45, 2.75) is 38.5 Å². The molecule has 0 amide bonds. The molecule has 0 spiro atoms. The summed E-state index contributed by atoms with van der Waals surface area (Å²) >= 11 is 0. The Balaban J connectivity index is 1.73. The second kappa shape index (κ2) is 6.77. The van der Waals surface area contributed by atoms with Crippen LogP contribution in [0.2, 0.25) is 0 Å². The molecule has 2 aliphatic carbocycles. The molecule has 8 rings (SSSR count). The zero-order valence-electron chi connectivity index (χ0n) is 21.6. The molecule has 2 aliphatic rings. The lowest BCUT2D eigenvalue weighted by atomic mass is 9.76. The van der Waals surface area contributed by atoms with Gasteiger partial charge in [-0.1, -0.05) is 94.4 Å². The first-order valence-electron chi connectivity index (χ1n) is 13.2. The average Bonchev–Trinajstić information content (AvgIpc) is 3.46. The molecule has 0 aliphatic heterocycles. The first-order valence-corrected chi connectivity index (χ1v) is 13.2. The van der Waals surface area contributed by atoms with Gasteiger partial charge < -0.3 is 4.57 Å². The van der Waals surface area contributed by atoms with E-state index in [4.69, 9.17) is 0 Å². The summed E-state index contributed by atoms with van der Waals surface area (Å²) in [7, 11) is 0. The van der Waals surface area contributed by atoms with Crippen LogP contribution in [-0.4, -0.2) is 9.55 Å². The van der Waals surface area contributed by atoms with Crippen molar-refractivity contribution in [1.82, 2.24) is 9.55 Å². The smallest absolute Gasteiger partial charge is 0.0645 e. The Morgan fingerprint density at radius 2 is 1.22 bits per heavy atom. The summed E-state index contributed by atoms with van der Waals surface area (Å²) in [5, 5.41) is 2.70. The Morgan fingerprint density at radius 1 is 0.622 bits per heavy atom. The summed E-state index contributed by atoms with van der Waals surface area (Å²) in [5.41, 5.74) is 14.7. The van der Waals surface area contributed by atoms with Crippen LogP contribution in [0.4, 0.5) is 0 Å². The minimum absolute atomic E-state index is 0.120. The molecule has 0 saturated heterocycles. The third-order valence-corrected chi connectivity index (χ3v) is 9.01. The van der Waals surface area contributed by atoms with Crippen LogP contribution >= 0.6 is 0 Å². The number of para-hydroxylation sites is 1. The average molecular weight is 477 g/mol. The molecule has 2 aromatic heterocycles. The lowest BCUT2D eigenvalue weighted by Gasteiger charge is -2.27. The quantitative estimate of drug-likeness (QED) is 0.232. The second-order valence-electron chi connectivity index (χ2n) is 11.6. The van der Waals surface area contributed by atoms with Crippen molar-refractivity contribution in [2.75, 3.05) is 0 Å². The van der Waals surface area contributed by atoms with Crippen LogP contribution in [0.3, 0.4) is 0 Å². The topological polar surface area (TPSA) is 17.8 Å². The standard InChI is InChI=1S/C35H28N2/c1-34(2)25-16-8-5-13-22(25)28-29-23-14-6-9-17-26(23)35(3,4)32(29)33-30(31(28)34)24-15-7-10-18-27(24)37(33)21-12-11-19-36-20-21/h5-20H,1-4H3. The molecule has 2 heterocycles. The molecule has 0 N–H and O–H groups in total. The molecule has 0 unspecified atom stereocenters. The molecule has 178 valence electrons. The minimum atomic E-state index is -0.144. The van der Waals surface area contributed by atoms with Crippen molar-refractivity contribution in [1.29, 1.82) is 0 Å². The highest BCUT2D eigenvalue weighted by Crippen LogP contribution is 2.63. The normalized spacial score (nSPS) is 16.0. The Labute approximate surface area is 217 Å². The molecular formula is C35H28N2. The summed E-state index contributed by atoms with van der Waals surface area (Å²) in [5.74, 6) is 0. The number of aromatic nitrogens is 2.